The van der Waals surface area contributed by atoms with E-state index in [1.165, 1.54) is 18.2 Å². The Kier molecular flexibility index (Phi) is 7.62. The average molecular weight is 414 g/mol. The summed E-state index contributed by atoms with van der Waals surface area (Å²) in [5.41, 5.74) is 0.369. The highest BCUT2D eigenvalue weighted by Gasteiger charge is 2.23. The second-order valence-electron chi connectivity index (χ2n) is 6.31. The largest absolute Gasteiger partial charge is 0.373 e. The number of aromatic nitrogens is 2. The highest BCUT2D eigenvalue weighted by molar-refractivity contribution is 6.31. The van der Waals surface area contributed by atoms with Crippen LogP contribution < -0.4 is 16.0 Å². The zero-order chi connectivity index (χ0) is 18.5. The fraction of sp³-hybridized carbons (Fsp3) is 0.389. The molecule has 0 saturated heterocycles. The van der Waals surface area contributed by atoms with Gasteiger partial charge in [0, 0.05) is 30.9 Å². The van der Waals surface area contributed by atoms with Gasteiger partial charge in [-0.1, -0.05) is 11.6 Å². The molecular formula is C18H22Cl2FN5O. The van der Waals surface area contributed by atoms with Crippen molar-refractivity contribution in [3.63, 3.8) is 0 Å². The first-order chi connectivity index (χ1) is 12.5. The Hall–Kier alpha value is -2.12. The molecule has 1 saturated carbocycles. The molecule has 0 unspecified atom stereocenters. The van der Waals surface area contributed by atoms with Crippen LogP contribution in [0.15, 0.2) is 30.5 Å². The lowest BCUT2D eigenvalue weighted by atomic mass is 9.91. The fourth-order valence-corrected chi connectivity index (χ4v) is 3.22. The van der Waals surface area contributed by atoms with Gasteiger partial charge in [-0.05, 0) is 49.9 Å². The number of amides is 1. The summed E-state index contributed by atoms with van der Waals surface area (Å²) in [6, 6.07) is 6.17. The highest BCUT2D eigenvalue weighted by atomic mass is 35.5. The number of hydrogen-bond acceptors (Lipinski definition) is 5. The molecule has 146 valence electrons. The molecule has 27 heavy (non-hydrogen) atoms. The molecule has 0 radical (unpaired) electrons. The lowest BCUT2D eigenvalue weighted by molar-refractivity contribution is 0.0926. The minimum atomic E-state index is -0.528. The number of rotatable bonds is 5. The number of hydrogen-bond donors (Lipinski definition) is 3. The van der Waals surface area contributed by atoms with E-state index in [1.54, 1.807) is 12.3 Å². The van der Waals surface area contributed by atoms with Gasteiger partial charge in [0.1, 0.15) is 11.6 Å². The van der Waals surface area contributed by atoms with Gasteiger partial charge in [0.15, 0.2) is 0 Å². The van der Waals surface area contributed by atoms with E-state index in [-0.39, 0.29) is 35.4 Å². The van der Waals surface area contributed by atoms with Gasteiger partial charge >= 0.3 is 0 Å². The molecule has 3 N–H and O–H groups in total. The van der Waals surface area contributed by atoms with Crippen molar-refractivity contribution in [2.75, 3.05) is 17.7 Å². The smallest absolute Gasteiger partial charge is 0.251 e. The summed E-state index contributed by atoms with van der Waals surface area (Å²) < 4.78 is 13.2. The van der Waals surface area contributed by atoms with Crippen molar-refractivity contribution in [2.45, 2.75) is 37.8 Å². The summed E-state index contributed by atoms with van der Waals surface area (Å²) in [4.78, 5) is 20.9. The number of halogens is 3. The highest BCUT2D eigenvalue weighted by Crippen LogP contribution is 2.22. The van der Waals surface area contributed by atoms with Crippen LogP contribution in [0.4, 0.5) is 16.2 Å². The predicted molar refractivity (Wildman–Crippen MR) is 107 cm³/mol. The van der Waals surface area contributed by atoms with Gasteiger partial charge in [0.05, 0.1) is 5.02 Å². The lowest BCUT2D eigenvalue weighted by Gasteiger charge is -2.29. The van der Waals surface area contributed by atoms with Crippen molar-refractivity contribution >= 4 is 41.7 Å². The normalized spacial score (nSPS) is 18.9. The molecule has 1 aliphatic rings. The Morgan fingerprint density at radius 3 is 2.56 bits per heavy atom. The van der Waals surface area contributed by atoms with Gasteiger partial charge in [0.25, 0.3) is 5.91 Å². The molecule has 1 aromatic heterocycles. The van der Waals surface area contributed by atoms with Crippen molar-refractivity contribution < 1.29 is 9.18 Å². The van der Waals surface area contributed by atoms with E-state index in [4.69, 9.17) is 11.6 Å². The lowest BCUT2D eigenvalue weighted by Crippen LogP contribution is -2.40. The Bertz CT molecular complexity index is 784. The van der Waals surface area contributed by atoms with E-state index in [0.29, 0.717) is 11.5 Å². The van der Waals surface area contributed by atoms with Crippen LogP contribution in [-0.4, -0.2) is 35.0 Å². The Labute approximate surface area is 168 Å². The van der Waals surface area contributed by atoms with Gasteiger partial charge < -0.3 is 16.0 Å². The molecular weight excluding hydrogens is 392 g/mol. The molecule has 0 atom stereocenters. The zero-order valence-electron chi connectivity index (χ0n) is 14.8. The molecule has 1 aromatic carbocycles. The Morgan fingerprint density at radius 2 is 1.89 bits per heavy atom. The molecule has 0 aliphatic heterocycles. The molecule has 1 amide bonds. The summed E-state index contributed by atoms with van der Waals surface area (Å²) in [5, 5.41) is 9.27. The number of nitrogens with zero attached hydrogens (tertiary/aromatic N) is 2. The third kappa shape index (κ3) is 5.68. The molecule has 6 nitrogen and oxygen atoms in total. The van der Waals surface area contributed by atoms with E-state index in [2.05, 4.69) is 25.9 Å². The second kappa shape index (κ2) is 9.71. The minimum absolute atomic E-state index is 0. The number of carbonyl (C=O) groups excluding carboxylic acids is 1. The summed E-state index contributed by atoms with van der Waals surface area (Å²) in [7, 11) is 1.81. The van der Waals surface area contributed by atoms with Crippen LogP contribution in [0.1, 0.15) is 36.0 Å². The van der Waals surface area contributed by atoms with Crippen LogP contribution in [0, 0.1) is 5.82 Å². The second-order valence-corrected chi connectivity index (χ2v) is 6.72. The van der Waals surface area contributed by atoms with Gasteiger partial charge in [-0.2, -0.15) is 4.98 Å². The van der Waals surface area contributed by atoms with E-state index in [0.717, 1.165) is 31.5 Å². The van der Waals surface area contributed by atoms with Gasteiger partial charge in [-0.15, -0.1) is 12.4 Å². The summed E-state index contributed by atoms with van der Waals surface area (Å²) in [6.45, 7) is 0. The van der Waals surface area contributed by atoms with Crippen LogP contribution in [-0.2, 0) is 0 Å². The van der Waals surface area contributed by atoms with Crippen molar-refractivity contribution in [1.82, 2.24) is 15.3 Å². The molecule has 0 spiro atoms. The average Bonchev–Trinajstić information content (AvgIpc) is 2.65. The van der Waals surface area contributed by atoms with Crippen LogP contribution in [0.2, 0.25) is 5.02 Å². The maximum absolute atomic E-state index is 13.2. The molecule has 1 fully saturated rings. The quantitative estimate of drug-likeness (QED) is 0.692. The third-order valence-electron chi connectivity index (χ3n) is 4.49. The first-order valence-corrected chi connectivity index (χ1v) is 8.96. The van der Waals surface area contributed by atoms with Crippen molar-refractivity contribution in [1.29, 1.82) is 0 Å². The van der Waals surface area contributed by atoms with E-state index in [9.17, 15) is 9.18 Å². The van der Waals surface area contributed by atoms with Crippen LogP contribution in [0.3, 0.4) is 0 Å². The third-order valence-corrected chi connectivity index (χ3v) is 4.78. The topological polar surface area (TPSA) is 78.9 Å². The number of benzene rings is 1. The molecule has 0 bridgehead atoms. The summed E-state index contributed by atoms with van der Waals surface area (Å²) >= 11 is 5.74. The van der Waals surface area contributed by atoms with Gasteiger partial charge in [-0.3, -0.25) is 4.79 Å². The van der Waals surface area contributed by atoms with Crippen LogP contribution >= 0.6 is 24.0 Å². The number of anilines is 2. The molecule has 1 heterocycles. The standard InChI is InChI=1S/C18H21ClFN5O.ClH/c1-21-16-8-9-22-18(25-16)24-13-5-3-12(4-6-13)23-17(26)11-2-7-15(20)14(19)10-11;/h2,7-10,12-13H,3-6H2,1H3,(H,23,26)(H2,21,22,24,25);1H. The van der Waals surface area contributed by atoms with Crippen molar-refractivity contribution in [3.8, 4) is 0 Å². The minimum Gasteiger partial charge on any atom is -0.373 e. The first-order valence-electron chi connectivity index (χ1n) is 8.58. The molecule has 9 heteroatoms. The molecule has 2 aromatic rings. The maximum atomic E-state index is 13.2. The predicted octanol–water partition coefficient (Wildman–Crippen LogP) is 3.89. The SMILES string of the molecule is CNc1ccnc(NC2CCC(NC(=O)c3ccc(F)c(Cl)c3)CC2)n1.Cl. The summed E-state index contributed by atoms with van der Waals surface area (Å²) in [6.07, 6.45) is 5.22. The molecule has 1 aliphatic carbocycles. The van der Waals surface area contributed by atoms with Crippen molar-refractivity contribution in [2.24, 2.45) is 0 Å². The van der Waals surface area contributed by atoms with E-state index in [1.807, 2.05) is 7.05 Å². The van der Waals surface area contributed by atoms with E-state index >= 15 is 0 Å². The zero-order valence-corrected chi connectivity index (χ0v) is 16.4. The Balaban J connectivity index is 0.00000261. The van der Waals surface area contributed by atoms with Crippen LogP contribution in [0.5, 0.6) is 0 Å². The molecule has 3 rings (SSSR count). The fourth-order valence-electron chi connectivity index (χ4n) is 3.04. The van der Waals surface area contributed by atoms with Gasteiger partial charge in [-0.25, -0.2) is 9.37 Å². The number of nitrogens with one attached hydrogen (secondary N) is 3. The first kappa shape index (κ1) is 21.2. The maximum Gasteiger partial charge on any atom is 0.251 e. The van der Waals surface area contributed by atoms with Crippen molar-refractivity contribution in [3.05, 3.63) is 46.9 Å². The summed E-state index contributed by atoms with van der Waals surface area (Å²) in [5.74, 6) is 0.611. The number of carbonyl (C=O) groups is 1. The van der Waals surface area contributed by atoms with Crippen LogP contribution in [0.25, 0.3) is 0 Å². The monoisotopic (exact) mass is 413 g/mol. The Morgan fingerprint density at radius 1 is 1.19 bits per heavy atom. The van der Waals surface area contributed by atoms with E-state index < -0.39 is 5.82 Å². The van der Waals surface area contributed by atoms with Gasteiger partial charge in [0.2, 0.25) is 5.95 Å².